The van der Waals surface area contributed by atoms with E-state index in [1.807, 2.05) is 36.4 Å². The van der Waals surface area contributed by atoms with Crippen LogP contribution in [0.3, 0.4) is 0 Å². The molecule has 30 heavy (non-hydrogen) atoms. The molecule has 0 bridgehead atoms. The van der Waals surface area contributed by atoms with Crippen LogP contribution in [-0.2, 0) is 11.3 Å². The van der Waals surface area contributed by atoms with Crippen molar-refractivity contribution in [1.82, 2.24) is 4.90 Å². The van der Waals surface area contributed by atoms with Gasteiger partial charge in [-0.25, -0.2) is 4.79 Å². The van der Waals surface area contributed by atoms with E-state index in [1.165, 1.54) is 64.2 Å². The number of allylic oxidation sites excluding steroid dienone is 1. The first-order chi connectivity index (χ1) is 14.7. The van der Waals surface area contributed by atoms with Gasteiger partial charge in [0.25, 0.3) is 0 Å². The first kappa shape index (κ1) is 24.5. The van der Waals surface area contributed by atoms with Gasteiger partial charge in [-0.2, -0.15) is 0 Å². The minimum atomic E-state index is -0.687. The SMILES string of the molecule is CCCCCCCCCCCCC/C=C/[C@@H](O)[C@H]1COC(=O)N1Cc1ccccc1. The van der Waals surface area contributed by atoms with Crippen molar-refractivity contribution in [3.63, 3.8) is 0 Å². The van der Waals surface area contributed by atoms with Crippen LogP contribution >= 0.6 is 0 Å². The molecule has 0 aromatic heterocycles. The van der Waals surface area contributed by atoms with Gasteiger partial charge in [-0.05, 0) is 18.4 Å². The number of ether oxygens (including phenoxy) is 1. The predicted molar refractivity (Wildman–Crippen MR) is 123 cm³/mol. The summed E-state index contributed by atoms with van der Waals surface area (Å²) >= 11 is 0. The number of amides is 1. The summed E-state index contributed by atoms with van der Waals surface area (Å²) in [5.41, 5.74) is 1.04. The van der Waals surface area contributed by atoms with Crippen LogP contribution in [0.1, 0.15) is 89.5 Å². The summed E-state index contributed by atoms with van der Waals surface area (Å²) < 4.78 is 5.18. The Kier molecular flexibility index (Phi) is 12.3. The molecule has 0 aliphatic carbocycles. The zero-order chi connectivity index (χ0) is 21.4. The third kappa shape index (κ3) is 9.34. The molecule has 0 unspecified atom stereocenters. The minimum Gasteiger partial charge on any atom is -0.447 e. The van der Waals surface area contributed by atoms with Gasteiger partial charge in [-0.15, -0.1) is 0 Å². The number of hydrogen-bond acceptors (Lipinski definition) is 3. The van der Waals surface area contributed by atoms with Crippen molar-refractivity contribution in [1.29, 1.82) is 0 Å². The lowest BCUT2D eigenvalue weighted by atomic mass is 10.0. The van der Waals surface area contributed by atoms with Crippen LogP contribution in [0, 0.1) is 0 Å². The second-order valence-corrected chi connectivity index (χ2v) is 8.50. The molecule has 0 spiro atoms. The Morgan fingerprint density at radius 2 is 1.60 bits per heavy atom. The number of aliphatic hydroxyl groups is 1. The van der Waals surface area contributed by atoms with Crippen molar-refractivity contribution in [2.45, 2.75) is 103 Å². The molecule has 2 atom stereocenters. The van der Waals surface area contributed by atoms with Gasteiger partial charge in [0.05, 0.1) is 12.1 Å². The Morgan fingerprint density at radius 1 is 1.00 bits per heavy atom. The van der Waals surface area contributed by atoms with Crippen LogP contribution in [0.2, 0.25) is 0 Å². The van der Waals surface area contributed by atoms with Crippen LogP contribution in [0.4, 0.5) is 4.79 Å². The van der Waals surface area contributed by atoms with E-state index >= 15 is 0 Å². The molecule has 1 aliphatic rings. The largest absolute Gasteiger partial charge is 0.447 e. The number of hydrogen-bond donors (Lipinski definition) is 1. The van der Waals surface area contributed by atoms with Gasteiger partial charge in [0.15, 0.2) is 0 Å². The number of rotatable bonds is 16. The van der Waals surface area contributed by atoms with Gasteiger partial charge in [0, 0.05) is 6.54 Å². The van der Waals surface area contributed by atoms with E-state index in [0.717, 1.165) is 18.4 Å². The van der Waals surface area contributed by atoms with E-state index in [-0.39, 0.29) is 18.7 Å². The van der Waals surface area contributed by atoms with Crippen LogP contribution < -0.4 is 0 Å². The highest BCUT2D eigenvalue weighted by atomic mass is 16.6. The van der Waals surface area contributed by atoms with Gasteiger partial charge in [-0.1, -0.05) is 114 Å². The quantitative estimate of drug-likeness (QED) is 0.244. The Balaban J connectivity index is 1.55. The summed E-state index contributed by atoms with van der Waals surface area (Å²) in [5.74, 6) is 0. The van der Waals surface area contributed by atoms with Crippen molar-refractivity contribution in [3.8, 4) is 0 Å². The van der Waals surface area contributed by atoms with Crippen LogP contribution in [-0.4, -0.2) is 34.9 Å². The molecule has 0 saturated carbocycles. The third-order valence-electron chi connectivity index (χ3n) is 5.91. The fraction of sp³-hybridized carbons (Fsp3) is 0.654. The Labute approximate surface area is 183 Å². The van der Waals surface area contributed by atoms with Crippen LogP contribution in [0.25, 0.3) is 0 Å². The first-order valence-corrected chi connectivity index (χ1v) is 12.0. The zero-order valence-corrected chi connectivity index (χ0v) is 18.8. The molecule has 2 rings (SSSR count). The minimum absolute atomic E-state index is 0.246. The van der Waals surface area contributed by atoms with Crippen molar-refractivity contribution < 1.29 is 14.6 Å². The highest BCUT2D eigenvalue weighted by Crippen LogP contribution is 2.20. The maximum absolute atomic E-state index is 12.1. The molecule has 4 heteroatoms. The number of carbonyl (C=O) groups excluding carboxylic acids is 1. The maximum Gasteiger partial charge on any atom is 0.410 e. The molecule has 4 nitrogen and oxygen atoms in total. The van der Waals surface area contributed by atoms with E-state index in [0.29, 0.717) is 6.54 Å². The number of aliphatic hydroxyl groups excluding tert-OH is 1. The zero-order valence-electron chi connectivity index (χ0n) is 18.8. The molecule has 1 saturated heterocycles. The maximum atomic E-state index is 12.1. The fourth-order valence-electron chi connectivity index (χ4n) is 4.00. The van der Waals surface area contributed by atoms with Gasteiger partial charge in [0.2, 0.25) is 0 Å². The molecule has 168 valence electrons. The predicted octanol–water partition coefficient (Wildman–Crippen LogP) is 6.63. The molecule has 1 heterocycles. The number of benzene rings is 1. The third-order valence-corrected chi connectivity index (χ3v) is 5.91. The molecule has 1 fully saturated rings. The Morgan fingerprint density at radius 3 is 2.23 bits per heavy atom. The molecular formula is C26H41NO3. The smallest absolute Gasteiger partial charge is 0.410 e. The average Bonchev–Trinajstić information content (AvgIpc) is 3.12. The van der Waals surface area contributed by atoms with Gasteiger partial charge < -0.3 is 9.84 Å². The summed E-state index contributed by atoms with van der Waals surface area (Å²) in [6, 6.07) is 9.52. The van der Waals surface area contributed by atoms with Crippen molar-refractivity contribution in [3.05, 3.63) is 48.0 Å². The number of nitrogens with zero attached hydrogens (tertiary/aromatic N) is 1. The standard InChI is InChI=1S/C26H41NO3/c1-2-3-4-5-6-7-8-9-10-11-12-13-17-20-25(28)24-22-30-26(29)27(24)21-23-18-15-14-16-19-23/h14-20,24-25,28H,2-13,21-22H2,1H3/b20-17+/t24-,25-/m1/s1. The van der Waals surface area contributed by atoms with E-state index in [9.17, 15) is 9.90 Å². The summed E-state index contributed by atoms with van der Waals surface area (Å²) in [4.78, 5) is 13.7. The molecule has 1 aromatic carbocycles. The molecular weight excluding hydrogens is 374 g/mol. The highest BCUT2D eigenvalue weighted by Gasteiger charge is 2.36. The molecule has 1 aliphatic heterocycles. The van der Waals surface area contributed by atoms with E-state index in [2.05, 4.69) is 13.0 Å². The van der Waals surface area contributed by atoms with Crippen LogP contribution in [0.15, 0.2) is 42.5 Å². The lowest BCUT2D eigenvalue weighted by Gasteiger charge is -2.24. The number of carbonyl (C=O) groups is 1. The van der Waals surface area contributed by atoms with E-state index in [4.69, 9.17) is 4.74 Å². The lowest BCUT2D eigenvalue weighted by molar-refractivity contribution is 0.118. The summed E-state index contributed by atoms with van der Waals surface area (Å²) in [5, 5.41) is 10.5. The second-order valence-electron chi connectivity index (χ2n) is 8.50. The molecule has 1 amide bonds. The van der Waals surface area contributed by atoms with Crippen molar-refractivity contribution in [2.75, 3.05) is 6.61 Å². The molecule has 1 aromatic rings. The number of cyclic esters (lactones) is 1. The van der Waals surface area contributed by atoms with Gasteiger partial charge >= 0.3 is 6.09 Å². The first-order valence-electron chi connectivity index (χ1n) is 12.0. The fourth-order valence-corrected chi connectivity index (χ4v) is 4.00. The average molecular weight is 416 g/mol. The van der Waals surface area contributed by atoms with Gasteiger partial charge in [0.1, 0.15) is 6.61 Å². The van der Waals surface area contributed by atoms with Crippen molar-refractivity contribution >= 4 is 6.09 Å². The summed E-state index contributed by atoms with van der Waals surface area (Å²) in [6.07, 6.45) is 18.6. The lowest BCUT2D eigenvalue weighted by Crippen LogP contribution is -2.40. The molecule has 0 radical (unpaired) electrons. The molecule has 1 N–H and O–H groups in total. The van der Waals surface area contributed by atoms with E-state index in [1.54, 1.807) is 4.90 Å². The van der Waals surface area contributed by atoms with E-state index < -0.39 is 6.10 Å². The summed E-state index contributed by atoms with van der Waals surface area (Å²) in [7, 11) is 0. The van der Waals surface area contributed by atoms with Crippen LogP contribution in [0.5, 0.6) is 0 Å². The normalized spacial score (nSPS) is 17.6. The Bertz CT molecular complexity index is 602. The monoisotopic (exact) mass is 415 g/mol. The summed E-state index contributed by atoms with van der Waals surface area (Å²) in [6.45, 7) is 2.98. The topological polar surface area (TPSA) is 49.8 Å². The highest BCUT2D eigenvalue weighted by molar-refractivity contribution is 5.70. The Hall–Kier alpha value is -1.81. The van der Waals surface area contributed by atoms with Crippen molar-refractivity contribution in [2.24, 2.45) is 0 Å². The van der Waals surface area contributed by atoms with Gasteiger partial charge in [-0.3, -0.25) is 4.90 Å². The second kappa shape index (κ2) is 15.1. The number of unbranched alkanes of at least 4 members (excludes halogenated alkanes) is 11.